The van der Waals surface area contributed by atoms with Crippen molar-refractivity contribution in [3.8, 4) is 0 Å². The maximum Gasteiger partial charge on any atom is 0.282 e. The number of aromatic nitrogens is 4. The van der Waals surface area contributed by atoms with E-state index in [4.69, 9.17) is 10.2 Å². The van der Waals surface area contributed by atoms with Crippen molar-refractivity contribution in [1.29, 1.82) is 0 Å². The highest BCUT2D eigenvalue weighted by atomic mass is 32.2. The lowest BCUT2D eigenvalue weighted by atomic mass is 10.3. The zero-order chi connectivity index (χ0) is 11.7. The molecule has 16 heavy (non-hydrogen) atoms. The molecule has 0 aromatic carbocycles. The fraction of sp³-hybridized carbons (Fsp3) is 0.444. The summed E-state index contributed by atoms with van der Waals surface area (Å²) in [4.78, 5) is 0. The van der Waals surface area contributed by atoms with Crippen LogP contribution in [0.25, 0.3) is 0 Å². The van der Waals surface area contributed by atoms with Crippen LogP contribution in [-0.4, -0.2) is 20.0 Å². The van der Waals surface area contributed by atoms with Gasteiger partial charge in [0.15, 0.2) is 0 Å². The van der Waals surface area contributed by atoms with Crippen LogP contribution in [-0.2, 0) is 13.5 Å². The Balaban J connectivity index is 2.30. The molecule has 0 amide bonds. The van der Waals surface area contributed by atoms with E-state index in [1.54, 1.807) is 11.6 Å². The van der Waals surface area contributed by atoms with E-state index in [-0.39, 0.29) is 0 Å². The molecule has 0 spiro atoms. The molecular weight excluding hydrogens is 226 g/mol. The number of nitrogens with zero attached hydrogens (tertiary/aromatic N) is 4. The first-order valence-electron chi connectivity index (χ1n) is 4.91. The normalized spacial score (nSPS) is 10.9. The molecule has 0 unspecified atom stereocenters. The molecule has 2 aromatic heterocycles. The van der Waals surface area contributed by atoms with Crippen LogP contribution in [0.2, 0.25) is 0 Å². The van der Waals surface area contributed by atoms with Gasteiger partial charge in [-0.05, 0) is 18.2 Å². The molecular formula is C9H13N5OS. The van der Waals surface area contributed by atoms with E-state index in [0.29, 0.717) is 16.8 Å². The summed E-state index contributed by atoms with van der Waals surface area (Å²) in [5, 5.41) is 13.3. The van der Waals surface area contributed by atoms with Crippen LogP contribution in [0.5, 0.6) is 0 Å². The maximum atomic E-state index is 5.98. The third-order valence-electron chi connectivity index (χ3n) is 2.13. The second-order valence-corrected chi connectivity index (χ2v) is 4.27. The van der Waals surface area contributed by atoms with Crippen LogP contribution >= 0.6 is 11.8 Å². The van der Waals surface area contributed by atoms with E-state index < -0.39 is 0 Å². The topological polar surface area (TPSA) is 82.8 Å². The fourth-order valence-electron chi connectivity index (χ4n) is 1.36. The minimum atomic E-state index is 0.481. The van der Waals surface area contributed by atoms with Crippen molar-refractivity contribution in [2.24, 2.45) is 7.05 Å². The average Bonchev–Trinajstić information content (AvgIpc) is 2.77. The van der Waals surface area contributed by atoms with Gasteiger partial charge in [-0.25, -0.2) is 0 Å². The second kappa shape index (κ2) is 4.17. The first-order valence-corrected chi connectivity index (χ1v) is 5.72. The van der Waals surface area contributed by atoms with Gasteiger partial charge in [0.05, 0.1) is 11.4 Å². The van der Waals surface area contributed by atoms with Crippen molar-refractivity contribution in [3.63, 3.8) is 0 Å². The van der Waals surface area contributed by atoms with Gasteiger partial charge in [-0.1, -0.05) is 6.92 Å². The minimum absolute atomic E-state index is 0.481. The highest BCUT2D eigenvalue weighted by Crippen LogP contribution is 2.32. The minimum Gasteiger partial charge on any atom is -0.416 e. The van der Waals surface area contributed by atoms with Gasteiger partial charge in [-0.15, -0.1) is 10.2 Å². The molecule has 7 heteroatoms. The molecule has 2 rings (SSSR count). The summed E-state index contributed by atoms with van der Waals surface area (Å²) < 4.78 is 7.02. The molecule has 0 aliphatic rings. The van der Waals surface area contributed by atoms with Gasteiger partial charge in [0, 0.05) is 14.0 Å². The maximum absolute atomic E-state index is 5.98. The summed E-state index contributed by atoms with van der Waals surface area (Å²) in [6.45, 7) is 3.77. The van der Waals surface area contributed by atoms with Gasteiger partial charge in [0.1, 0.15) is 5.03 Å². The molecule has 0 radical (unpaired) electrons. The van der Waals surface area contributed by atoms with Crippen LogP contribution in [0.15, 0.2) is 14.7 Å². The summed E-state index contributed by atoms with van der Waals surface area (Å²) in [7, 11) is 1.85. The number of hydrogen-bond acceptors (Lipinski definition) is 6. The van der Waals surface area contributed by atoms with Gasteiger partial charge < -0.3 is 10.2 Å². The summed E-state index contributed by atoms with van der Waals surface area (Å²) in [6.07, 6.45) is 0.809. The van der Waals surface area contributed by atoms with E-state index in [1.807, 2.05) is 14.0 Å². The Morgan fingerprint density at radius 1 is 1.44 bits per heavy atom. The van der Waals surface area contributed by atoms with E-state index in [1.165, 1.54) is 11.8 Å². The van der Waals surface area contributed by atoms with Crippen LogP contribution in [0, 0.1) is 6.92 Å². The standard InChI is InChI=1S/C9H13N5OS/c1-4-6-7(10)8(14(3)13-6)16-9-12-11-5(2)15-9/h4,10H2,1-3H3. The number of hydrogen-bond donors (Lipinski definition) is 1. The van der Waals surface area contributed by atoms with Crippen molar-refractivity contribution in [2.45, 2.75) is 30.5 Å². The third kappa shape index (κ3) is 1.90. The molecule has 0 aliphatic heterocycles. The third-order valence-corrected chi connectivity index (χ3v) is 3.15. The molecule has 2 N–H and O–H groups in total. The number of rotatable bonds is 3. The Kier molecular flexibility index (Phi) is 2.86. The Hall–Kier alpha value is -1.50. The van der Waals surface area contributed by atoms with Crippen molar-refractivity contribution >= 4 is 17.4 Å². The molecule has 0 fully saturated rings. The van der Waals surface area contributed by atoms with Gasteiger partial charge in [-0.3, -0.25) is 4.68 Å². The molecule has 0 aliphatic carbocycles. The van der Waals surface area contributed by atoms with Crippen LogP contribution in [0.1, 0.15) is 18.5 Å². The van der Waals surface area contributed by atoms with Gasteiger partial charge in [0.2, 0.25) is 5.89 Å². The zero-order valence-electron chi connectivity index (χ0n) is 9.39. The molecule has 86 valence electrons. The van der Waals surface area contributed by atoms with Crippen molar-refractivity contribution in [1.82, 2.24) is 20.0 Å². The molecule has 0 saturated carbocycles. The molecule has 0 atom stereocenters. The fourth-order valence-corrected chi connectivity index (χ4v) is 2.17. The predicted molar refractivity (Wildman–Crippen MR) is 60.2 cm³/mol. The lowest BCUT2D eigenvalue weighted by Crippen LogP contribution is -1.93. The summed E-state index contributed by atoms with van der Waals surface area (Å²) in [6, 6.07) is 0. The van der Waals surface area contributed by atoms with Crippen LogP contribution < -0.4 is 5.73 Å². The number of aryl methyl sites for hydroxylation is 3. The highest BCUT2D eigenvalue weighted by Gasteiger charge is 2.15. The van der Waals surface area contributed by atoms with E-state index >= 15 is 0 Å². The molecule has 2 aromatic rings. The van der Waals surface area contributed by atoms with Crippen molar-refractivity contribution in [2.75, 3.05) is 5.73 Å². The average molecular weight is 239 g/mol. The molecule has 0 saturated heterocycles. The smallest absolute Gasteiger partial charge is 0.282 e. The quantitative estimate of drug-likeness (QED) is 0.871. The van der Waals surface area contributed by atoms with Crippen molar-refractivity contribution in [3.05, 3.63) is 11.6 Å². The van der Waals surface area contributed by atoms with Gasteiger partial charge >= 0.3 is 0 Å². The van der Waals surface area contributed by atoms with E-state index in [9.17, 15) is 0 Å². The largest absolute Gasteiger partial charge is 0.416 e. The SMILES string of the molecule is CCc1nn(C)c(Sc2nnc(C)o2)c1N. The molecule has 6 nitrogen and oxygen atoms in total. The van der Waals surface area contributed by atoms with Gasteiger partial charge in [0.25, 0.3) is 5.22 Å². The van der Waals surface area contributed by atoms with Crippen molar-refractivity contribution < 1.29 is 4.42 Å². The number of anilines is 1. The first-order chi connectivity index (χ1) is 7.61. The first kappa shape index (κ1) is 11.0. The zero-order valence-corrected chi connectivity index (χ0v) is 10.2. The lowest BCUT2D eigenvalue weighted by molar-refractivity contribution is 0.428. The Morgan fingerprint density at radius 2 is 2.19 bits per heavy atom. The summed E-state index contributed by atoms with van der Waals surface area (Å²) >= 11 is 1.33. The monoisotopic (exact) mass is 239 g/mol. The van der Waals surface area contributed by atoms with E-state index in [0.717, 1.165) is 17.1 Å². The van der Waals surface area contributed by atoms with Gasteiger partial charge in [-0.2, -0.15) is 5.10 Å². The second-order valence-electron chi connectivity index (χ2n) is 3.33. The lowest BCUT2D eigenvalue weighted by Gasteiger charge is -1.98. The molecule has 2 heterocycles. The Labute approximate surface area is 97.2 Å². The summed E-state index contributed by atoms with van der Waals surface area (Å²) in [5.74, 6) is 0.541. The van der Waals surface area contributed by atoms with Crippen LogP contribution in [0.3, 0.4) is 0 Å². The highest BCUT2D eigenvalue weighted by molar-refractivity contribution is 7.99. The van der Waals surface area contributed by atoms with Crippen LogP contribution in [0.4, 0.5) is 5.69 Å². The predicted octanol–water partition coefficient (Wildman–Crippen LogP) is 1.41. The Morgan fingerprint density at radius 3 is 2.69 bits per heavy atom. The Bertz CT molecular complexity index is 504. The number of nitrogen functional groups attached to an aromatic ring is 1. The number of nitrogens with two attached hydrogens (primary N) is 1. The molecule has 0 bridgehead atoms. The van der Waals surface area contributed by atoms with E-state index in [2.05, 4.69) is 15.3 Å². The summed E-state index contributed by atoms with van der Waals surface area (Å²) in [5.41, 5.74) is 7.55.